The SMILES string of the molecule is C[C@@H]1NC(=O)[C@H]1N.Cl. The van der Waals surface area contributed by atoms with Crippen molar-refractivity contribution >= 4 is 18.3 Å². The van der Waals surface area contributed by atoms with Crippen LogP contribution in [0.2, 0.25) is 0 Å². The number of halogens is 1. The number of carbonyl (C=O) groups is 1. The highest BCUT2D eigenvalue weighted by molar-refractivity contribution is 5.88. The van der Waals surface area contributed by atoms with Gasteiger partial charge in [0.2, 0.25) is 5.91 Å². The molecule has 1 amide bonds. The van der Waals surface area contributed by atoms with Crippen LogP contribution in [0, 0.1) is 0 Å². The Balaban J connectivity index is 0.000000490. The van der Waals surface area contributed by atoms with E-state index in [9.17, 15) is 4.79 Å². The summed E-state index contributed by atoms with van der Waals surface area (Å²) in [5.41, 5.74) is 5.25. The summed E-state index contributed by atoms with van der Waals surface area (Å²) in [5.74, 6) is -0.0347. The van der Waals surface area contributed by atoms with Crippen molar-refractivity contribution in [2.24, 2.45) is 5.73 Å². The van der Waals surface area contributed by atoms with Gasteiger partial charge in [-0.15, -0.1) is 12.4 Å². The Morgan fingerprint density at radius 3 is 2.25 bits per heavy atom. The van der Waals surface area contributed by atoms with E-state index in [0.717, 1.165) is 0 Å². The molecule has 1 aliphatic rings. The van der Waals surface area contributed by atoms with Gasteiger partial charge in [-0.3, -0.25) is 4.79 Å². The molecule has 0 aromatic carbocycles. The van der Waals surface area contributed by atoms with E-state index in [-0.39, 0.29) is 30.4 Å². The second-order valence-corrected chi connectivity index (χ2v) is 1.82. The molecule has 1 heterocycles. The van der Waals surface area contributed by atoms with Crippen molar-refractivity contribution in [2.45, 2.75) is 19.0 Å². The van der Waals surface area contributed by atoms with Gasteiger partial charge in [-0.2, -0.15) is 0 Å². The number of carbonyl (C=O) groups excluding carboxylic acids is 1. The molecule has 1 rings (SSSR count). The van der Waals surface area contributed by atoms with Crippen LogP contribution in [-0.4, -0.2) is 18.0 Å². The number of nitrogens with two attached hydrogens (primary N) is 1. The molecule has 3 nitrogen and oxygen atoms in total. The molecule has 0 aromatic heterocycles. The molecule has 2 atom stereocenters. The molecule has 0 aromatic rings. The van der Waals surface area contributed by atoms with Gasteiger partial charge >= 0.3 is 0 Å². The molecule has 0 bridgehead atoms. The first kappa shape index (κ1) is 7.72. The summed E-state index contributed by atoms with van der Waals surface area (Å²) < 4.78 is 0. The third-order valence-corrected chi connectivity index (χ3v) is 1.21. The molecule has 0 unspecified atom stereocenters. The van der Waals surface area contributed by atoms with Crippen LogP contribution in [0.15, 0.2) is 0 Å². The van der Waals surface area contributed by atoms with E-state index in [4.69, 9.17) is 5.73 Å². The fourth-order valence-corrected chi connectivity index (χ4v) is 0.541. The number of amides is 1. The normalized spacial score (nSPS) is 34.5. The predicted molar refractivity (Wildman–Crippen MR) is 32.8 cm³/mol. The van der Waals surface area contributed by atoms with Crippen LogP contribution < -0.4 is 11.1 Å². The molecule has 0 spiro atoms. The highest BCUT2D eigenvalue weighted by atomic mass is 35.5. The molecule has 8 heavy (non-hydrogen) atoms. The highest BCUT2D eigenvalue weighted by Gasteiger charge is 2.31. The average molecular weight is 137 g/mol. The van der Waals surface area contributed by atoms with E-state index in [2.05, 4.69) is 5.32 Å². The zero-order chi connectivity index (χ0) is 5.44. The van der Waals surface area contributed by atoms with Gasteiger partial charge in [0.15, 0.2) is 0 Å². The molecule has 0 radical (unpaired) electrons. The Bertz CT molecular complexity index is 106. The molecule has 1 aliphatic heterocycles. The summed E-state index contributed by atoms with van der Waals surface area (Å²) >= 11 is 0. The number of rotatable bonds is 0. The monoisotopic (exact) mass is 136 g/mol. The van der Waals surface area contributed by atoms with Gasteiger partial charge in [-0.25, -0.2) is 0 Å². The van der Waals surface area contributed by atoms with E-state index in [0.29, 0.717) is 0 Å². The minimum absolute atomic E-state index is 0. The fraction of sp³-hybridized carbons (Fsp3) is 0.750. The van der Waals surface area contributed by atoms with Crippen molar-refractivity contribution in [3.8, 4) is 0 Å². The summed E-state index contributed by atoms with van der Waals surface area (Å²) in [5, 5.41) is 2.59. The van der Waals surface area contributed by atoms with Crippen LogP contribution in [0.5, 0.6) is 0 Å². The Morgan fingerprint density at radius 2 is 2.25 bits per heavy atom. The standard InChI is InChI=1S/C4H8N2O.ClH/c1-2-3(5)4(7)6-2;/h2-3H,5H2,1H3,(H,6,7);1H/t2-,3-;/m0./s1. The zero-order valence-corrected chi connectivity index (χ0v) is 5.37. The summed E-state index contributed by atoms with van der Waals surface area (Å²) in [6.45, 7) is 1.88. The Morgan fingerprint density at radius 1 is 1.75 bits per heavy atom. The van der Waals surface area contributed by atoms with Gasteiger partial charge < -0.3 is 11.1 Å². The molecule has 4 heteroatoms. The quantitative estimate of drug-likeness (QED) is 0.431. The van der Waals surface area contributed by atoms with Gasteiger partial charge in [0, 0.05) is 0 Å². The van der Waals surface area contributed by atoms with Crippen LogP contribution in [0.3, 0.4) is 0 Å². The summed E-state index contributed by atoms with van der Waals surface area (Å²) in [6, 6.07) is -0.0625. The smallest absolute Gasteiger partial charge is 0.239 e. The van der Waals surface area contributed by atoms with Crippen molar-refractivity contribution < 1.29 is 4.79 Å². The lowest BCUT2D eigenvalue weighted by Crippen LogP contribution is -2.65. The summed E-state index contributed by atoms with van der Waals surface area (Å²) in [6.07, 6.45) is 0. The van der Waals surface area contributed by atoms with E-state index >= 15 is 0 Å². The lowest BCUT2D eigenvalue weighted by atomic mass is 10.0. The fourth-order valence-electron chi connectivity index (χ4n) is 0.541. The Hall–Kier alpha value is -0.280. The third-order valence-electron chi connectivity index (χ3n) is 1.21. The first-order chi connectivity index (χ1) is 3.22. The van der Waals surface area contributed by atoms with Gasteiger partial charge in [0.05, 0.1) is 6.04 Å². The van der Waals surface area contributed by atoms with E-state index < -0.39 is 0 Å². The molecule has 0 aliphatic carbocycles. The third kappa shape index (κ3) is 0.928. The first-order valence-corrected chi connectivity index (χ1v) is 2.28. The maximum atomic E-state index is 10.2. The maximum Gasteiger partial charge on any atom is 0.239 e. The van der Waals surface area contributed by atoms with Crippen LogP contribution in [0.4, 0.5) is 0 Å². The molecule has 1 saturated heterocycles. The van der Waals surface area contributed by atoms with Gasteiger partial charge in [-0.1, -0.05) is 0 Å². The molecule has 1 fully saturated rings. The Labute approximate surface area is 54.0 Å². The molecule has 48 valence electrons. The average Bonchev–Trinajstić information content (AvgIpc) is 1.68. The maximum absolute atomic E-state index is 10.2. The van der Waals surface area contributed by atoms with Crippen LogP contribution in [-0.2, 0) is 4.79 Å². The molecular weight excluding hydrogens is 128 g/mol. The van der Waals surface area contributed by atoms with E-state index in [1.54, 1.807) is 0 Å². The van der Waals surface area contributed by atoms with Crippen molar-refractivity contribution in [2.75, 3.05) is 0 Å². The lowest BCUT2D eigenvalue weighted by molar-refractivity contribution is -0.129. The largest absolute Gasteiger partial charge is 0.350 e. The lowest BCUT2D eigenvalue weighted by Gasteiger charge is -2.30. The van der Waals surface area contributed by atoms with Crippen LogP contribution >= 0.6 is 12.4 Å². The highest BCUT2D eigenvalue weighted by Crippen LogP contribution is 1.99. The van der Waals surface area contributed by atoms with E-state index in [1.807, 2.05) is 6.92 Å². The minimum atomic E-state index is -0.250. The van der Waals surface area contributed by atoms with Crippen molar-refractivity contribution in [1.82, 2.24) is 5.32 Å². The topological polar surface area (TPSA) is 55.1 Å². The predicted octanol–water partition coefficient (Wildman–Crippen LogP) is -0.746. The summed E-state index contributed by atoms with van der Waals surface area (Å²) in [4.78, 5) is 10.2. The van der Waals surface area contributed by atoms with Crippen LogP contribution in [0.1, 0.15) is 6.92 Å². The van der Waals surface area contributed by atoms with Gasteiger partial charge in [0.25, 0.3) is 0 Å². The second-order valence-electron chi connectivity index (χ2n) is 1.82. The van der Waals surface area contributed by atoms with E-state index in [1.165, 1.54) is 0 Å². The van der Waals surface area contributed by atoms with Crippen molar-refractivity contribution in [1.29, 1.82) is 0 Å². The minimum Gasteiger partial charge on any atom is -0.350 e. The Kier molecular flexibility index (Phi) is 2.25. The number of nitrogens with one attached hydrogen (secondary N) is 1. The summed E-state index contributed by atoms with van der Waals surface area (Å²) in [7, 11) is 0. The number of β-lactam (4-membered cyclic amide) rings is 1. The van der Waals surface area contributed by atoms with Gasteiger partial charge in [0.1, 0.15) is 6.04 Å². The molecule has 3 N–H and O–H groups in total. The number of hydrogen-bond donors (Lipinski definition) is 2. The number of hydrogen-bond acceptors (Lipinski definition) is 2. The van der Waals surface area contributed by atoms with Crippen molar-refractivity contribution in [3.63, 3.8) is 0 Å². The van der Waals surface area contributed by atoms with Gasteiger partial charge in [-0.05, 0) is 6.92 Å². The first-order valence-electron chi connectivity index (χ1n) is 2.28. The zero-order valence-electron chi connectivity index (χ0n) is 4.55. The molecular formula is C4H9ClN2O. The van der Waals surface area contributed by atoms with Crippen LogP contribution in [0.25, 0.3) is 0 Å². The van der Waals surface area contributed by atoms with Crippen molar-refractivity contribution in [3.05, 3.63) is 0 Å². The second kappa shape index (κ2) is 2.33. The molecule has 0 saturated carbocycles.